The lowest BCUT2D eigenvalue weighted by atomic mass is 10.2. The largest absolute Gasteiger partial charge is 0.490 e. The number of carbonyl (C=O) groups excluding carboxylic acids is 1. The van der Waals surface area contributed by atoms with Gasteiger partial charge in [-0.2, -0.15) is 0 Å². The van der Waals surface area contributed by atoms with Gasteiger partial charge in [0.2, 0.25) is 0 Å². The van der Waals surface area contributed by atoms with Gasteiger partial charge in [0.1, 0.15) is 19.0 Å². The summed E-state index contributed by atoms with van der Waals surface area (Å²) in [5.41, 5.74) is 1.46. The first kappa shape index (κ1) is 12.3. The molecule has 0 aromatic heterocycles. The second-order valence-corrected chi connectivity index (χ2v) is 3.53. The molecule has 3 heteroatoms. The van der Waals surface area contributed by atoms with E-state index in [-0.39, 0.29) is 12.6 Å². The molecule has 0 aliphatic heterocycles. The third kappa shape index (κ3) is 3.77. The van der Waals surface area contributed by atoms with Crippen molar-refractivity contribution in [3.8, 4) is 5.75 Å². The van der Waals surface area contributed by atoms with Gasteiger partial charge < -0.3 is 9.47 Å². The van der Waals surface area contributed by atoms with E-state index in [0.29, 0.717) is 12.2 Å². The smallest absolute Gasteiger partial charge is 0.333 e. The maximum absolute atomic E-state index is 11.0. The van der Waals surface area contributed by atoms with Gasteiger partial charge in [0, 0.05) is 5.57 Å². The van der Waals surface area contributed by atoms with Crippen LogP contribution in [0.5, 0.6) is 5.75 Å². The molecule has 0 saturated carbocycles. The Morgan fingerprint density at radius 2 is 2.00 bits per heavy atom. The zero-order valence-corrected chi connectivity index (χ0v) is 9.66. The highest BCUT2D eigenvalue weighted by Crippen LogP contribution is 2.15. The van der Waals surface area contributed by atoms with Crippen LogP contribution in [0.1, 0.15) is 12.5 Å². The van der Waals surface area contributed by atoms with Crippen molar-refractivity contribution in [2.45, 2.75) is 13.8 Å². The van der Waals surface area contributed by atoms with Crippen LogP contribution in [0.3, 0.4) is 0 Å². The molecule has 0 amide bonds. The van der Waals surface area contributed by atoms with E-state index in [1.807, 2.05) is 31.2 Å². The summed E-state index contributed by atoms with van der Waals surface area (Å²) in [6, 6.07) is 7.71. The fourth-order valence-corrected chi connectivity index (χ4v) is 1.13. The highest BCUT2D eigenvalue weighted by atomic mass is 16.6. The molecule has 3 nitrogen and oxygen atoms in total. The summed E-state index contributed by atoms with van der Waals surface area (Å²) >= 11 is 0. The Kier molecular flexibility index (Phi) is 4.58. The van der Waals surface area contributed by atoms with E-state index in [2.05, 4.69) is 6.58 Å². The third-order valence-electron chi connectivity index (χ3n) is 2.02. The lowest BCUT2D eigenvalue weighted by molar-refractivity contribution is -0.139. The van der Waals surface area contributed by atoms with Crippen LogP contribution in [0.2, 0.25) is 0 Å². The first-order chi connectivity index (χ1) is 7.61. The van der Waals surface area contributed by atoms with Crippen molar-refractivity contribution in [3.05, 3.63) is 42.0 Å². The van der Waals surface area contributed by atoms with Gasteiger partial charge in [-0.3, -0.25) is 0 Å². The van der Waals surface area contributed by atoms with Crippen LogP contribution in [0.15, 0.2) is 36.4 Å². The second kappa shape index (κ2) is 5.95. The van der Waals surface area contributed by atoms with Gasteiger partial charge in [-0.1, -0.05) is 24.8 Å². The van der Waals surface area contributed by atoms with Crippen molar-refractivity contribution in [2.75, 3.05) is 13.2 Å². The fraction of sp³-hybridized carbons (Fsp3) is 0.308. The number of aryl methyl sites for hydroxylation is 1. The number of carbonyl (C=O) groups is 1. The van der Waals surface area contributed by atoms with Crippen molar-refractivity contribution < 1.29 is 14.3 Å². The summed E-state index contributed by atoms with van der Waals surface area (Å²) in [6.45, 7) is 7.66. The van der Waals surface area contributed by atoms with Gasteiger partial charge >= 0.3 is 5.97 Å². The number of esters is 1. The Balaban J connectivity index is 2.29. The van der Waals surface area contributed by atoms with Crippen LogP contribution in [-0.2, 0) is 9.53 Å². The van der Waals surface area contributed by atoms with Crippen molar-refractivity contribution in [1.82, 2.24) is 0 Å². The van der Waals surface area contributed by atoms with Crippen molar-refractivity contribution in [3.63, 3.8) is 0 Å². The number of hydrogen-bond donors (Lipinski definition) is 0. The minimum atomic E-state index is -0.381. The van der Waals surface area contributed by atoms with Crippen LogP contribution in [0, 0.1) is 6.92 Å². The Hall–Kier alpha value is -1.77. The Bertz CT molecular complexity index is 383. The van der Waals surface area contributed by atoms with E-state index in [4.69, 9.17) is 9.47 Å². The summed E-state index contributed by atoms with van der Waals surface area (Å²) < 4.78 is 10.4. The normalized spacial score (nSPS) is 9.62. The molecule has 0 saturated heterocycles. The first-order valence-electron chi connectivity index (χ1n) is 5.12. The molecule has 0 unspecified atom stereocenters. The molecule has 1 aromatic rings. The Morgan fingerprint density at radius 1 is 1.31 bits per heavy atom. The van der Waals surface area contributed by atoms with E-state index in [1.54, 1.807) is 6.92 Å². The number of ether oxygens (including phenoxy) is 2. The van der Waals surface area contributed by atoms with E-state index in [9.17, 15) is 4.79 Å². The number of rotatable bonds is 5. The average molecular weight is 220 g/mol. The molecule has 0 heterocycles. The van der Waals surface area contributed by atoms with E-state index in [1.165, 1.54) is 0 Å². The molecular formula is C13H16O3. The predicted octanol–water partition coefficient (Wildman–Crippen LogP) is 2.49. The molecule has 0 spiro atoms. The van der Waals surface area contributed by atoms with Gasteiger partial charge in [0.25, 0.3) is 0 Å². The molecule has 86 valence electrons. The van der Waals surface area contributed by atoms with Crippen molar-refractivity contribution in [1.29, 1.82) is 0 Å². The molecule has 0 atom stereocenters. The topological polar surface area (TPSA) is 35.5 Å². The summed E-state index contributed by atoms with van der Waals surface area (Å²) in [6.07, 6.45) is 0. The van der Waals surface area contributed by atoms with E-state index in [0.717, 1.165) is 11.3 Å². The maximum atomic E-state index is 11.0. The minimum Gasteiger partial charge on any atom is -0.490 e. The maximum Gasteiger partial charge on any atom is 0.333 e. The van der Waals surface area contributed by atoms with Gasteiger partial charge in [-0.15, -0.1) is 0 Å². The SMILES string of the molecule is C=C(C)C(=O)OCCOc1ccccc1C. The lowest BCUT2D eigenvalue weighted by Gasteiger charge is -2.09. The fourth-order valence-electron chi connectivity index (χ4n) is 1.13. The van der Waals surface area contributed by atoms with Crippen molar-refractivity contribution in [2.24, 2.45) is 0 Å². The molecule has 0 radical (unpaired) electrons. The lowest BCUT2D eigenvalue weighted by Crippen LogP contribution is -2.12. The quantitative estimate of drug-likeness (QED) is 0.434. The zero-order chi connectivity index (χ0) is 12.0. The Labute approximate surface area is 95.7 Å². The van der Waals surface area contributed by atoms with Crippen LogP contribution in [0.25, 0.3) is 0 Å². The van der Waals surface area contributed by atoms with Gasteiger partial charge in [0.15, 0.2) is 0 Å². The van der Waals surface area contributed by atoms with Crippen LogP contribution < -0.4 is 4.74 Å². The molecule has 0 N–H and O–H groups in total. The summed E-state index contributed by atoms with van der Waals surface area (Å²) in [5.74, 6) is 0.433. The standard InChI is InChI=1S/C13H16O3/c1-10(2)13(14)16-9-8-15-12-7-5-4-6-11(12)3/h4-7H,1,8-9H2,2-3H3. The molecule has 16 heavy (non-hydrogen) atoms. The summed E-state index contributed by atoms with van der Waals surface area (Å²) in [7, 11) is 0. The molecule has 0 aliphatic carbocycles. The molecule has 0 bridgehead atoms. The highest BCUT2D eigenvalue weighted by Gasteiger charge is 2.03. The van der Waals surface area contributed by atoms with Gasteiger partial charge in [-0.05, 0) is 25.5 Å². The zero-order valence-electron chi connectivity index (χ0n) is 9.66. The average Bonchev–Trinajstić information content (AvgIpc) is 2.26. The van der Waals surface area contributed by atoms with Gasteiger partial charge in [-0.25, -0.2) is 4.79 Å². The van der Waals surface area contributed by atoms with Crippen LogP contribution in [0.4, 0.5) is 0 Å². The highest BCUT2D eigenvalue weighted by molar-refractivity contribution is 5.86. The summed E-state index contributed by atoms with van der Waals surface area (Å²) in [4.78, 5) is 11.0. The molecule has 1 aromatic carbocycles. The van der Waals surface area contributed by atoms with Gasteiger partial charge in [0.05, 0.1) is 0 Å². The third-order valence-corrected chi connectivity index (χ3v) is 2.02. The van der Waals surface area contributed by atoms with Crippen LogP contribution in [-0.4, -0.2) is 19.2 Å². The van der Waals surface area contributed by atoms with Crippen LogP contribution >= 0.6 is 0 Å². The number of benzene rings is 1. The monoisotopic (exact) mass is 220 g/mol. The first-order valence-corrected chi connectivity index (χ1v) is 5.12. The predicted molar refractivity (Wildman–Crippen MR) is 62.4 cm³/mol. The minimum absolute atomic E-state index is 0.236. The molecular weight excluding hydrogens is 204 g/mol. The van der Waals surface area contributed by atoms with E-state index < -0.39 is 0 Å². The van der Waals surface area contributed by atoms with E-state index >= 15 is 0 Å². The Morgan fingerprint density at radius 3 is 2.62 bits per heavy atom. The van der Waals surface area contributed by atoms with Crippen molar-refractivity contribution >= 4 is 5.97 Å². The number of hydrogen-bond acceptors (Lipinski definition) is 3. The second-order valence-electron chi connectivity index (χ2n) is 3.53. The molecule has 0 aliphatic rings. The molecule has 1 rings (SSSR count). The number of para-hydroxylation sites is 1. The molecule has 0 fully saturated rings. The summed E-state index contributed by atoms with van der Waals surface area (Å²) in [5, 5.41) is 0.